The van der Waals surface area contributed by atoms with Crippen LogP contribution < -0.4 is 19.7 Å². The van der Waals surface area contributed by atoms with Crippen LogP contribution in [0.4, 0.5) is 24.5 Å². The van der Waals surface area contributed by atoms with Crippen molar-refractivity contribution in [1.82, 2.24) is 25.1 Å². The number of nitrogens with zero attached hydrogens (tertiary/aromatic N) is 5. The van der Waals surface area contributed by atoms with Crippen LogP contribution in [0.3, 0.4) is 0 Å². The standard InChI is InChI=1S/C25H27F3N6O2/c1-33-15-17(13-31-33)24-14-30-22-6-5-18(11-23(22)32-24)34(8-4-7-29-16-25(26,27)28)19-9-20(35-2)12-21(10-19)36-3/h5-6,9-15,29H,4,7-8,16H2,1-3H3/i2D3,3D3,4D2,7D2,8D2. The lowest BCUT2D eigenvalue weighted by Gasteiger charge is -2.26. The Bertz CT molecular complexity index is 1750. The van der Waals surface area contributed by atoms with Crippen LogP contribution in [0.25, 0.3) is 22.3 Å². The predicted molar refractivity (Wildman–Crippen MR) is 132 cm³/mol. The van der Waals surface area contributed by atoms with E-state index in [1.54, 1.807) is 13.2 Å². The van der Waals surface area contributed by atoms with E-state index < -0.39 is 63.4 Å². The third kappa shape index (κ3) is 6.22. The molecule has 4 aromatic rings. The van der Waals surface area contributed by atoms with Crippen LogP contribution in [0.1, 0.15) is 22.8 Å². The van der Waals surface area contributed by atoms with Crippen molar-refractivity contribution in [1.29, 1.82) is 0 Å². The molecule has 0 saturated heterocycles. The van der Waals surface area contributed by atoms with Crippen molar-refractivity contribution in [2.75, 3.05) is 38.5 Å². The number of hydrogen-bond acceptors (Lipinski definition) is 7. The van der Waals surface area contributed by atoms with Gasteiger partial charge in [-0.15, -0.1) is 0 Å². The highest BCUT2D eigenvalue weighted by Crippen LogP contribution is 2.34. The van der Waals surface area contributed by atoms with Gasteiger partial charge >= 0.3 is 6.18 Å². The summed E-state index contributed by atoms with van der Waals surface area (Å²) in [6.45, 7) is -9.36. The molecule has 8 nitrogen and oxygen atoms in total. The van der Waals surface area contributed by atoms with E-state index in [-0.39, 0.29) is 16.7 Å². The summed E-state index contributed by atoms with van der Waals surface area (Å²) in [5.41, 5.74) is 0.418. The summed E-state index contributed by atoms with van der Waals surface area (Å²) >= 11 is 0. The number of aromatic nitrogens is 4. The van der Waals surface area contributed by atoms with E-state index in [0.717, 1.165) is 18.2 Å². The molecule has 0 amide bonds. The van der Waals surface area contributed by atoms with Gasteiger partial charge < -0.3 is 19.7 Å². The second-order valence-corrected chi connectivity index (χ2v) is 7.36. The maximum atomic E-state index is 13.0. The Balaban J connectivity index is 1.98. The van der Waals surface area contributed by atoms with Crippen LogP contribution in [-0.4, -0.2) is 59.5 Å². The monoisotopic (exact) mass is 512 g/mol. The topological polar surface area (TPSA) is 77.3 Å². The summed E-state index contributed by atoms with van der Waals surface area (Å²) in [6.07, 6.45) is -4.27. The lowest BCUT2D eigenvalue weighted by Crippen LogP contribution is -2.31. The molecule has 0 aliphatic heterocycles. The number of ether oxygens (including phenoxy) is 2. The van der Waals surface area contributed by atoms with E-state index in [0.29, 0.717) is 16.2 Å². The summed E-state index contributed by atoms with van der Waals surface area (Å²) < 4.78 is 147. The molecule has 2 aromatic heterocycles. The van der Waals surface area contributed by atoms with Gasteiger partial charge in [0.15, 0.2) is 0 Å². The zero-order valence-electron chi connectivity index (χ0n) is 30.6. The minimum atomic E-state index is -5.00. The molecule has 190 valence electrons. The first-order valence-electron chi connectivity index (χ1n) is 16.2. The zero-order valence-corrected chi connectivity index (χ0v) is 18.6. The quantitative estimate of drug-likeness (QED) is 0.329. The van der Waals surface area contributed by atoms with E-state index in [1.165, 1.54) is 40.6 Å². The van der Waals surface area contributed by atoms with Crippen LogP contribution in [0, 0.1) is 0 Å². The molecule has 0 spiro atoms. The molecular formula is C25H27F3N6O2. The fourth-order valence-corrected chi connectivity index (χ4v) is 3.19. The van der Waals surface area contributed by atoms with Gasteiger partial charge in [0.2, 0.25) is 0 Å². The highest BCUT2D eigenvalue weighted by atomic mass is 19.4. The van der Waals surface area contributed by atoms with Gasteiger partial charge in [0, 0.05) is 63.1 Å². The van der Waals surface area contributed by atoms with Gasteiger partial charge in [-0.3, -0.25) is 9.67 Å². The van der Waals surface area contributed by atoms with Crippen molar-refractivity contribution in [3.63, 3.8) is 0 Å². The summed E-state index contributed by atoms with van der Waals surface area (Å²) in [6, 6.07) is 6.41. The first-order chi connectivity index (χ1) is 21.8. The summed E-state index contributed by atoms with van der Waals surface area (Å²) in [5, 5.41) is 5.46. The molecule has 11 heteroatoms. The number of rotatable bonds is 10. The molecule has 0 bridgehead atoms. The third-order valence-corrected chi connectivity index (χ3v) is 4.75. The summed E-state index contributed by atoms with van der Waals surface area (Å²) in [5.74, 6) is -1.18. The molecule has 2 heterocycles. The largest absolute Gasteiger partial charge is 0.497 e. The molecule has 2 aromatic carbocycles. The Kier molecular flexibility index (Phi) is 4.21. The lowest BCUT2D eigenvalue weighted by molar-refractivity contribution is -0.124. The number of methoxy groups -OCH3 is 2. The fourth-order valence-electron chi connectivity index (χ4n) is 3.19. The molecule has 0 aliphatic carbocycles. The Morgan fingerprint density at radius 2 is 1.83 bits per heavy atom. The van der Waals surface area contributed by atoms with Crippen molar-refractivity contribution >= 4 is 22.4 Å². The van der Waals surface area contributed by atoms with Gasteiger partial charge in [-0.1, -0.05) is 0 Å². The van der Waals surface area contributed by atoms with Crippen LogP contribution in [0.2, 0.25) is 0 Å². The first-order valence-corrected chi connectivity index (χ1v) is 10.2. The van der Waals surface area contributed by atoms with Crippen LogP contribution in [-0.2, 0) is 7.05 Å². The van der Waals surface area contributed by atoms with Gasteiger partial charge in [0.25, 0.3) is 0 Å². The average molecular weight is 513 g/mol. The molecule has 36 heavy (non-hydrogen) atoms. The molecule has 0 saturated carbocycles. The van der Waals surface area contributed by atoms with Crippen molar-refractivity contribution in [2.24, 2.45) is 7.05 Å². The van der Waals surface area contributed by atoms with Gasteiger partial charge in [0.1, 0.15) is 11.5 Å². The maximum absolute atomic E-state index is 13.0. The van der Waals surface area contributed by atoms with E-state index >= 15 is 0 Å². The second-order valence-electron chi connectivity index (χ2n) is 7.36. The highest BCUT2D eigenvalue weighted by molar-refractivity contribution is 5.82. The number of aryl methyl sites for hydroxylation is 1. The smallest absolute Gasteiger partial charge is 0.401 e. The van der Waals surface area contributed by atoms with E-state index in [4.69, 9.17) is 25.9 Å². The normalized spacial score (nSPS) is 18.4. The van der Waals surface area contributed by atoms with Gasteiger partial charge in [-0.2, -0.15) is 18.3 Å². The third-order valence-electron chi connectivity index (χ3n) is 4.75. The van der Waals surface area contributed by atoms with Crippen molar-refractivity contribution in [2.45, 2.75) is 12.5 Å². The Morgan fingerprint density at radius 1 is 1.06 bits per heavy atom. The molecule has 0 radical (unpaired) electrons. The van der Waals surface area contributed by atoms with Crippen molar-refractivity contribution < 1.29 is 39.1 Å². The molecule has 0 atom stereocenters. The molecule has 0 aliphatic rings. The Morgan fingerprint density at radius 3 is 2.50 bits per heavy atom. The highest BCUT2D eigenvalue weighted by Gasteiger charge is 2.26. The van der Waals surface area contributed by atoms with Crippen molar-refractivity contribution in [3.8, 4) is 22.8 Å². The van der Waals surface area contributed by atoms with Gasteiger partial charge in [-0.05, 0) is 31.1 Å². The van der Waals surface area contributed by atoms with Crippen LogP contribution in [0.15, 0.2) is 55.0 Å². The molecular weight excluding hydrogens is 473 g/mol. The van der Waals surface area contributed by atoms with E-state index in [1.807, 2.05) is 0 Å². The lowest BCUT2D eigenvalue weighted by atomic mass is 10.1. The fraction of sp³-hybridized carbons (Fsp3) is 0.320. The predicted octanol–water partition coefficient (Wildman–Crippen LogP) is 4.73. The van der Waals surface area contributed by atoms with Gasteiger partial charge in [0.05, 0.1) is 58.0 Å². The number of benzene rings is 2. The maximum Gasteiger partial charge on any atom is 0.401 e. The SMILES string of the molecule is [2H]C([2H])([2H])Oc1cc(OC([2H])([2H])[2H])cc(N(c2ccc3ncc(-c4cnn(C)c4)nc3c2)C([2H])([2H])C([2H])([2H])C([2H])([2H])NCC(F)(F)F)c1. The van der Waals surface area contributed by atoms with E-state index in [9.17, 15) is 13.2 Å². The number of nitrogens with one attached hydrogen (secondary N) is 1. The number of halogens is 3. The average Bonchev–Trinajstić information content (AvgIpc) is 3.35. The van der Waals surface area contributed by atoms with Crippen LogP contribution >= 0.6 is 0 Å². The molecule has 0 unspecified atom stereocenters. The number of anilines is 2. The van der Waals surface area contributed by atoms with Crippen LogP contribution in [0.5, 0.6) is 11.5 Å². The second kappa shape index (κ2) is 10.8. The Labute approximate surface area is 223 Å². The molecule has 4 rings (SSSR count). The molecule has 0 fully saturated rings. The summed E-state index contributed by atoms with van der Waals surface area (Å²) in [7, 11) is -4.57. The number of alkyl halides is 3. The van der Waals surface area contributed by atoms with Crippen molar-refractivity contribution in [3.05, 3.63) is 55.0 Å². The van der Waals surface area contributed by atoms with Gasteiger partial charge in [-0.25, -0.2) is 4.98 Å². The van der Waals surface area contributed by atoms with E-state index in [2.05, 4.69) is 15.1 Å². The Hall–Kier alpha value is -3.86. The summed E-state index contributed by atoms with van der Waals surface area (Å²) in [4.78, 5) is 9.32. The first kappa shape index (κ1) is 14.0. The molecule has 1 N–H and O–H groups in total. The number of fused-ring (bicyclic) bond motifs is 1. The minimum Gasteiger partial charge on any atom is -0.497 e. The zero-order chi connectivity index (χ0) is 36.1. The minimum absolute atomic E-state index is 0.0993. The number of hydrogen-bond donors (Lipinski definition) is 1.